The third kappa shape index (κ3) is 1.75. The predicted octanol–water partition coefficient (Wildman–Crippen LogP) is 5.65. The van der Waals surface area contributed by atoms with Gasteiger partial charge in [-0.2, -0.15) is 0 Å². The van der Waals surface area contributed by atoms with Crippen LogP contribution < -0.4 is 0 Å². The highest BCUT2D eigenvalue weighted by atomic mass is 79.9. The van der Waals surface area contributed by atoms with E-state index in [0.717, 1.165) is 10.8 Å². The second-order valence-electron chi connectivity index (χ2n) is 6.42. The number of aliphatic imine (C=N–C) groups is 1. The largest absolute Gasteiger partial charge is 0.507 e. The van der Waals surface area contributed by atoms with Crippen LogP contribution in [-0.4, -0.2) is 27.1 Å². The summed E-state index contributed by atoms with van der Waals surface area (Å²) >= 11 is 3.28. The minimum Gasteiger partial charge on any atom is -0.507 e. The average molecular weight is 422 g/mol. The van der Waals surface area contributed by atoms with E-state index in [0.29, 0.717) is 32.3 Å². The van der Waals surface area contributed by atoms with Gasteiger partial charge in [-0.3, -0.25) is 4.99 Å². The molecule has 0 spiro atoms. The number of halogens is 1. The van der Waals surface area contributed by atoms with Crippen molar-refractivity contribution < 1.29 is 20.4 Å². The first kappa shape index (κ1) is 16.0. The molecule has 0 saturated carbocycles. The van der Waals surface area contributed by atoms with Crippen LogP contribution in [0.3, 0.4) is 0 Å². The van der Waals surface area contributed by atoms with Gasteiger partial charge in [0.15, 0.2) is 5.75 Å². The summed E-state index contributed by atoms with van der Waals surface area (Å²) < 4.78 is 0.216. The molecular formula is C21H12BrNO4. The fourth-order valence-electron chi connectivity index (χ4n) is 4.11. The Kier molecular flexibility index (Phi) is 3.04. The SMILES string of the molecule is C=Nc1c(Br)c(O)c2c(c1O)c1c3ccccc3c2c2c(O)ccc(O)c21. The first-order chi connectivity index (χ1) is 13.0. The van der Waals surface area contributed by atoms with Crippen molar-refractivity contribution in [3.8, 4) is 23.0 Å². The van der Waals surface area contributed by atoms with E-state index in [1.807, 2.05) is 24.3 Å². The first-order valence-electron chi connectivity index (χ1n) is 8.11. The highest BCUT2D eigenvalue weighted by Crippen LogP contribution is 2.58. The van der Waals surface area contributed by atoms with E-state index in [1.54, 1.807) is 0 Å². The molecule has 0 radical (unpaired) electrons. The molecule has 0 unspecified atom stereocenters. The molecule has 0 aromatic heterocycles. The second kappa shape index (κ2) is 5.14. The molecule has 6 aromatic carbocycles. The van der Waals surface area contributed by atoms with Gasteiger partial charge in [-0.15, -0.1) is 0 Å². The van der Waals surface area contributed by atoms with E-state index in [2.05, 4.69) is 27.6 Å². The Hall–Kier alpha value is -3.25. The van der Waals surface area contributed by atoms with Crippen molar-refractivity contribution in [1.29, 1.82) is 0 Å². The molecule has 0 saturated heterocycles. The Morgan fingerprint density at radius 1 is 0.667 bits per heavy atom. The zero-order chi connectivity index (χ0) is 19.0. The van der Waals surface area contributed by atoms with Crippen molar-refractivity contribution in [3.05, 3.63) is 40.9 Å². The van der Waals surface area contributed by atoms with Gasteiger partial charge in [-0.1, -0.05) is 24.3 Å². The quantitative estimate of drug-likeness (QED) is 0.159. The van der Waals surface area contributed by atoms with Crippen LogP contribution in [0.5, 0.6) is 23.0 Å². The van der Waals surface area contributed by atoms with Gasteiger partial charge in [0, 0.05) is 32.3 Å². The fraction of sp³-hybridized carbons (Fsp3) is 0. The summed E-state index contributed by atoms with van der Waals surface area (Å²) in [7, 11) is 0. The molecule has 2 bridgehead atoms. The molecule has 0 aliphatic rings. The van der Waals surface area contributed by atoms with Gasteiger partial charge < -0.3 is 20.4 Å². The zero-order valence-electron chi connectivity index (χ0n) is 13.8. The lowest BCUT2D eigenvalue weighted by Gasteiger charge is -2.21. The summed E-state index contributed by atoms with van der Waals surface area (Å²) in [6.45, 7) is 3.47. The lowest BCUT2D eigenvalue weighted by atomic mass is 9.84. The van der Waals surface area contributed by atoms with Crippen molar-refractivity contribution in [1.82, 2.24) is 0 Å². The van der Waals surface area contributed by atoms with Gasteiger partial charge >= 0.3 is 0 Å². The summed E-state index contributed by atoms with van der Waals surface area (Å²) in [6, 6.07) is 10.3. The molecule has 0 amide bonds. The Morgan fingerprint density at radius 3 is 1.63 bits per heavy atom. The van der Waals surface area contributed by atoms with Crippen LogP contribution in [0.1, 0.15) is 0 Å². The second-order valence-corrected chi connectivity index (χ2v) is 7.21. The number of hydrogen-bond acceptors (Lipinski definition) is 5. The van der Waals surface area contributed by atoms with Crippen LogP contribution in [0.4, 0.5) is 5.69 Å². The maximum atomic E-state index is 10.9. The number of phenols is 4. The van der Waals surface area contributed by atoms with Gasteiger partial charge in [0.2, 0.25) is 0 Å². The number of hydrogen-bond donors (Lipinski definition) is 4. The maximum Gasteiger partial charge on any atom is 0.151 e. The lowest BCUT2D eigenvalue weighted by molar-refractivity contribution is 0.467. The summed E-state index contributed by atoms with van der Waals surface area (Å²) in [4.78, 5) is 3.83. The summed E-state index contributed by atoms with van der Waals surface area (Å²) in [5, 5.41) is 47.2. The molecule has 0 aliphatic carbocycles. The summed E-state index contributed by atoms with van der Waals surface area (Å²) in [6.07, 6.45) is 0. The monoisotopic (exact) mass is 421 g/mol. The smallest absolute Gasteiger partial charge is 0.151 e. The van der Waals surface area contributed by atoms with Gasteiger partial charge in [0.25, 0.3) is 0 Å². The van der Waals surface area contributed by atoms with Gasteiger partial charge in [0.1, 0.15) is 22.9 Å². The van der Waals surface area contributed by atoms with Crippen LogP contribution in [0.2, 0.25) is 0 Å². The van der Waals surface area contributed by atoms with Crippen molar-refractivity contribution >= 4 is 71.4 Å². The molecule has 0 fully saturated rings. The number of phenolic OH excluding ortho intramolecular Hbond substituents is 4. The number of benzene rings is 6. The normalized spacial score (nSPS) is 11.9. The van der Waals surface area contributed by atoms with Crippen molar-refractivity contribution in [2.24, 2.45) is 4.99 Å². The van der Waals surface area contributed by atoms with E-state index in [1.165, 1.54) is 12.1 Å². The molecule has 0 aliphatic heterocycles. The Morgan fingerprint density at radius 2 is 1.15 bits per heavy atom. The standard InChI is InChI=1S/C21H12BrNO4/c1-23-19-18(22)20(26)16-12-8-4-2-3-5-9(8)13(17(16)21(19)27)15-11(25)7-6-10(24)14(12)15/h2-7,24-27H,1H2. The Balaban J connectivity index is 2.34. The lowest BCUT2D eigenvalue weighted by Crippen LogP contribution is -1.92. The van der Waals surface area contributed by atoms with Gasteiger partial charge in [0.05, 0.1) is 4.47 Å². The highest BCUT2D eigenvalue weighted by Gasteiger charge is 2.27. The van der Waals surface area contributed by atoms with Crippen molar-refractivity contribution in [3.63, 3.8) is 0 Å². The first-order valence-corrected chi connectivity index (χ1v) is 8.90. The van der Waals surface area contributed by atoms with Crippen LogP contribution in [0, 0.1) is 0 Å². The predicted molar refractivity (Wildman–Crippen MR) is 111 cm³/mol. The molecule has 6 heteroatoms. The minimum atomic E-state index is -0.153. The molecule has 27 heavy (non-hydrogen) atoms. The summed E-state index contributed by atoms with van der Waals surface area (Å²) in [5.41, 5.74) is 0.116. The molecule has 132 valence electrons. The molecule has 0 atom stereocenters. The van der Waals surface area contributed by atoms with Gasteiger partial charge in [-0.05, 0) is 45.6 Å². The van der Waals surface area contributed by atoms with Gasteiger partial charge in [-0.25, -0.2) is 0 Å². The minimum absolute atomic E-state index is 0.0172. The topological polar surface area (TPSA) is 93.3 Å². The van der Waals surface area contributed by atoms with E-state index in [-0.39, 0.29) is 33.2 Å². The molecular weight excluding hydrogens is 410 g/mol. The Bertz CT molecular complexity index is 1440. The van der Waals surface area contributed by atoms with E-state index < -0.39 is 0 Å². The average Bonchev–Trinajstić information content (AvgIpc) is 2.68. The Labute approximate surface area is 160 Å². The van der Waals surface area contributed by atoms with Crippen LogP contribution in [0.25, 0.3) is 43.1 Å². The van der Waals surface area contributed by atoms with E-state index in [9.17, 15) is 20.4 Å². The molecule has 5 nitrogen and oxygen atoms in total. The highest BCUT2D eigenvalue weighted by molar-refractivity contribution is 9.10. The van der Waals surface area contributed by atoms with Crippen molar-refractivity contribution in [2.45, 2.75) is 0 Å². The van der Waals surface area contributed by atoms with Crippen molar-refractivity contribution in [2.75, 3.05) is 0 Å². The fourth-order valence-corrected chi connectivity index (χ4v) is 4.62. The number of rotatable bonds is 1. The van der Waals surface area contributed by atoms with E-state index in [4.69, 9.17) is 0 Å². The number of aromatic hydroxyl groups is 4. The number of nitrogens with zero attached hydrogens (tertiary/aromatic N) is 1. The van der Waals surface area contributed by atoms with Crippen LogP contribution in [0.15, 0.2) is 45.9 Å². The molecule has 6 aromatic rings. The molecule has 4 N–H and O–H groups in total. The summed E-state index contributed by atoms with van der Waals surface area (Å²) in [5.74, 6) is -0.303. The van der Waals surface area contributed by atoms with E-state index >= 15 is 0 Å². The van der Waals surface area contributed by atoms with Crippen LogP contribution in [-0.2, 0) is 0 Å². The molecule has 6 rings (SSSR count). The third-order valence-corrected chi connectivity index (χ3v) is 5.90. The molecule has 0 heterocycles. The third-order valence-electron chi connectivity index (χ3n) is 5.15. The van der Waals surface area contributed by atoms with Crippen LogP contribution >= 0.6 is 15.9 Å². The maximum absolute atomic E-state index is 10.9. The zero-order valence-corrected chi connectivity index (χ0v) is 15.4.